The maximum Gasteiger partial charge on any atom is 0.105 e. The molecule has 0 amide bonds. The van der Waals surface area contributed by atoms with Gasteiger partial charge in [-0.1, -0.05) is 6.92 Å². The van der Waals surface area contributed by atoms with E-state index in [1.165, 1.54) is 5.56 Å². The molecule has 2 heteroatoms. The van der Waals surface area contributed by atoms with Gasteiger partial charge < -0.3 is 9.73 Å². The van der Waals surface area contributed by atoms with Crippen molar-refractivity contribution in [2.75, 3.05) is 6.54 Å². The lowest BCUT2D eigenvalue weighted by Gasteiger charge is -1.97. The molecule has 2 nitrogen and oxygen atoms in total. The molecule has 0 radical (unpaired) electrons. The number of hydrogen-bond donors (Lipinski definition) is 1. The van der Waals surface area contributed by atoms with E-state index < -0.39 is 0 Å². The zero-order valence-electron chi connectivity index (χ0n) is 7.40. The summed E-state index contributed by atoms with van der Waals surface area (Å²) in [4.78, 5) is 0. The van der Waals surface area contributed by atoms with E-state index in [0.717, 1.165) is 24.6 Å². The van der Waals surface area contributed by atoms with Gasteiger partial charge in [-0.25, -0.2) is 0 Å². The van der Waals surface area contributed by atoms with E-state index in [1.807, 2.05) is 13.8 Å². The molecule has 1 N–H and O–H groups in total. The molecular weight excluding hydrogens is 138 g/mol. The van der Waals surface area contributed by atoms with Crippen LogP contribution in [0.15, 0.2) is 10.5 Å². The van der Waals surface area contributed by atoms with Gasteiger partial charge in [-0.15, -0.1) is 0 Å². The van der Waals surface area contributed by atoms with Crippen molar-refractivity contribution in [1.82, 2.24) is 5.32 Å². The van der Waals surface area contributed by atoms with Crippen LogP contribution in [-0.4, -0.2) is 6.54 Å². The Labute approximate surface area is 67.6 Å². The summed E-state index contributed by atoms with van der Waals surface area (Å²) in [6, 6.07) is 2.08. The van der Waals surface area contributed by atoms with E-state index >= 15 is 0 Å². The zero-order chi connectivity index (χ0) is 8.27. The number of aryl methyl sites for hydroxylation is 2. The third-order valence-corrected chi connectivity index (χ3v) is 1.71. The third kappa shape index (κ3) is 2.09. The Morgan fingerprint density at radius 3 is 2.64 bits per heavy atom. The summed E-state index contributed by atoms with van der Waals surface area (Å²) in [6.45, 7) is 7.99. The Bertz CT molecular complexity index is 227. The zero-order valence-corrected chi connectivity index (χ0v) is 7.40. The van der Waals surface area contributed by atoms with Crippen molar-refractivity contribution in [3.63, 3.8) is 0 Å². The highest BCUT2D eigenvalue weighted by Gasteiger charge is 2.01. The average Bonchev–Trinajstić information content (AvgIpc) is 2.26. The van der Waals surface area contributed by atoms with Gasteiger partial charge >= 0.3 is 0 Å². The number of rotatable bonds is 3. The predicted molar refractivity (Wildman–Crippen MR) is 45.6 cm³/mol. The molecule has 0 unspecified atom stereocenters. The molecule has 0 spiro atoms. The molecule has 11 heavy (non-hydrogen) atoms. The van der Waals surface area contributed by atoms with E-state index in [4.69, 9.17) is 4.42 Å². The summed E-state index contributed by atoms with van der Waals surface area (Å²) in [5.74, 6) is 2.03. The number of nitrogens with one attached hydrogen (secondary N) is 1. The van der Waals surface area contributed by atoms with Crippen molar-refractivity contribution < 1.29 is 4.42 Å². The summed E-state index contributed by atoms with van der Waals surface area (Å²) >= 11 is 0. The molecule has 1 heterocycles. The second kappa shape index (κ2) is 3.58. The van der Waals surface area contributed by atoms with Gasteiger partial charge in [0, 0.05) is 12.1 Å². The van der Waals surface area contributed by atoms with Crippen LogP contribution < -0.4 is 5.32 Å². The molecule has 0 aliphatic rings. The largest absolute Gasteiger partial charge is 0.466 e. The smallest absolute Gasteiger partial charge is 0.105 e. The fourth-order valence-electron chi connectivity index (χ4n) is 1.12. The molecule has 0 saturated heterocycles. The van der Waals surface area contributed by atoms with E-state index in [-0.39, 0.29) is 0 Å². The Hall–Kier alpha value is -0.760. The first-order chi connectivity index (χ1) is 5.24. The summed E-state index contributed by atoms with van der Waals surface area (Å²) in [7, 11) is 0. The van der Waals surface area contributed by atoms with Crippen LogP contribution in [0.3, 0.4) is 0 Å². The molecule has 1 aromatic heterocycles. The van der Waals surface area contributed by atoms with Crippen molar-refractivity contribution in [2.24, 2.45) is 0 Å². The summed E-state index contributed by atoms with van der Waals surface area (Å²) in [5.41, 5.74) is 1.27. The Kier molecular flexibility index (Phi) is 2.71. The van der Waals surface area contributed by atoms with Crippen LogP contribution in [0.4, 0.5) is 0 Å². The van der Waals surface area contributed by atoms with Crippen LogP contribution in [0, 0.1) is 13.8 Å². The minimum atomic E-state index is 0.916. The van der Waals surface area contributed by atoms with Gasteiger partial charge in [0.05, 0.1) is 0 Å². The van der Waals surface area contributed by atoms with Crippen molar-refractivity contribution in [3.05, 3.63) is 23.2 Å². The Morgan fingerprint density at radius 2 is 2.18 bits per heavy atom. The lowest BCUT2D eigenvalue weighted by Crippen LogP contribution is -2.11. The van der Waals surface area contributed by atoms with Crippen LogP contribution in [0.1, 0.15) is 24.0 Å². The number of furan rings is 1. The Balaban J connectivity index is 2.62. The highest BCUT2D eigenvalue weighted by Crippen LogP contribution is 2.12. The van der Waals surface area contributed by atoms with E-state index in [1.54, 1.807) is 0 Å². The normalized spacial score (nSPS) is 10.5. The van der Waals surface area contributed by atoms with Crippen molar-refractivity contribution in [1.29, 1.82) is 0 Å². The molecule has 1 rings (SSSR count). The van der Waals surface area contributed by atoms with Crippen LogP contribution in [0.2, 0.25) is 0 Å². The SMILES string of the molecule is CCNCc1cc(C)oc1C. The molecule has 0 aromatic carbocycles. The molecule has 0 fully saturated rings. The molecule has 0 saturated carbocycles. The third-order valence-electron chi connectivity index (χ3n) is 1.71. The fourth-order valence-corrected chi connectivity index (χ4v) is 1.12. The monoisotopic (exact) mass is 153 g/mol. The van der Waals surface area contributed by atoms with Crippen LogP contribution >= 0.6 is 0 Å². The molecule has 0 atom stereocenters. The molecular formula is C9H15NO. The first kappa shape index (κ1) is 8.34. The summed E-state index contributed by atoms with van der Waals surface area (Å²) in [6.07, 6.45) is 0. The lowest BCUT2D eigenvalue weighted by atomic mass is 10.2. The summed E-state index contributed by atoms with van der Waals surface area (Å²) < 4.78 is 5.37. The van der Waals surface area contributed by atoms with Crippen LogP contribution in [0.5, 0.6) is 0 Å². The maximum absolute atomic E-state index is 5.37. The highest BCUT2D eigenvalue weighted by atomic mass is 16.3. The molecule has 0 bridgehead atoms. The van der Waals surface area contributed by atoms with Gasteiger partial charge in [0.1, 0.15) is 11.5 Å². The van der Waals surface area contributed by atoms with Gasteiger partial charge in [-0.05, 0) is 26.5 Å². The molecule has 62 valence electrons. The van der Waals surface area contributed by atoms with Gasteiger partial charge in [0.2, 0.25) is 0 Å². The quantitative estimate of drug-likeness (QED) is 0.718. The second-order valence-corrected chi connectivity index (χ2v) is 2.72. The van der Waals surface area contributed by atoms with Gasteiger partial charge in [-0.3, -0.25) is 0 Å². The first-order valence-corrected chi connectivity index (χ1v) is 4.00. The standard InChI is InChI=1S/C9H15NO/c1-4-10-6-9-5-7(2)11-8(9)3/h5,10H,4,6H2,1-3H3. The minimum Gasteiger partial charge on any atom is -0.466 e. The van der Waals surface area contributed by atoms with E-state index in [0.29, 0.717) is 0 Å². The van der Waals surface area contributed by atoms with E-state index in [9.17, 15) is 0 Å². The van der Waals surface area contributed by atoms with Crippen LogP contribution in [0.25, 0.3) is 0 Å². The Morgan fingerprint density at radius 1 is 1.45 bits per heavy atom. The fraction of sp³-hybridized carbons (Fsp3) is 0.556. The molecule has 0 aliphatic carbocycles. The lowest BCUT2D eigenvalue weighted by molar-refractivity contribution is 0.499. The van der Waals surface area contributed by atoms with Gasteiger partial charge in [-0.2, -0.15) is 0 Å². The number of hydrogen-bond acceptors (Lipinski definition) is 2. The molecule has 1 aromatic rings. The van der Waals surface area contributed by atoms with Gasteiger partial charge in [0.15, 0.2) is 0 Å². The van der Waals surface area contributed by atoms with Crippen molar-refractivity contribution in [2.45, 2.75) is 27.3 Å². The predicted octanol–water partition coefficient (Wildman–Crippen LogP) is 2.01. The van der Waals surface area contributed by atoms with Crippen molar-refractivity contribution in [3.8, 4) is 0 Å². The van der Waals surface area contributed by atoms with Crippen LogP contribution in [-0.2, 0) is 6.54 Å². The summed E-state index contributed by atoms with van der Waals surface area (Å²) in [5, 5.41) is 3.26. The topological polar surface area (TPSA) is 25.2 Å². The maximum atomic E-state index is 5.37. The second-order valence-electron chi connectivity index (χ2n) is 2.72. The molecule has 0 aliphatic heterocycles. The van der Waals surface area contributed by atoms with Crippen molar-refractivity contribution >= 4 is 0 Å². The minimum absolute atomic E-state index is 0.916. The highest BCUT2D eigenvalue weighted by molar-refractivity contribution is 5.19. The average molecular weight is 153 g/mol. The first-order valence-electron chi connectivity index (χ1n) is 4.00. The van der Waals surface area contributed by atoms with Gasteiger partial charge in [0.25, 0.3) is 0 Å². The van der Waals surface area contributed by atoms with E-state index in [2.05, 4.69) is 18.3 Å².